The Labute approximate surface area is 137 Å². The van der Waals surface area contributed by atoms with Gasteiger partial charge in [0.1, 0.15) is 4.83 Å². The molecule has 0 unspecified atom stereocenters. The molecule has 0 amide bonds. The molecule has 0 bridgehead atoms. The highest BCUT2D eigenvalue weighted by Crippen LogP contribution is 2.42. The lowest BCUT2D eigenvalue weighted by molar-refractivity contribution is 0.917. The van der Waals surface area contributed by atoms with Crippen LogP contribution in [0.3, 0.4) is 0 Å². The zero-order chi connectivity index (χ0) is 14.6. The first-order chi connectivity index (χ1) is 10.1. The molecule has 3 aromatic rings. The van der Waals surface area contributed by atoms with Crippen LogP contribution in [-0.2, 0) is 12.8 Å². The molecule has 106 valence electrons. The molecular weight excluding hydrogens is 321 g/mol. The smallest absolute Gasteiger partial charge is 0.124 e. The topological polar surface area (TPSA) is 12.9 Å². The van der Waals surface area contributed by atoms with Crippen molar-refractivity contribution >= 4 is 44.8 Å². The molecule has 1 aliphatic rings. The minimum Gasteiger partial charge on any atom is -0.242 e. The van der Waals surface area contributed by atoms with Gasteiger partial charge in [0, 0.05) is 16.0 Å². The third kappa shape index (κ3) is 2.17. The maximum absolute atomic E-state index is 6.20. The van der Waals surface area contributed by atoms with E-state index in [-0.39, 0.29) is 0 Å². The number of thiophene rings is 1. The van der Waals surface area contributed by atoms with Crippen molar-refractivity contribution in [3.05, 3.63) is 50.4 Å². The molecule has 0 aliphatic heterocycles. The lowest BCUT2D eigenvalue weighted by atomic mass is 9.99. The molecule has 1 aromatic carbocycles. The fourth-order valence-electron chi connectivity index (χ4n) is 3.11. The van der Waals surface area contributed by atoms with E-state index in [0.717, 1.165) is 22.5 Å². The molecule has 0 N–H and O–H groups in total. The normalized spacial score (nSPS) is 13.9. The summed E-state index contributed by atoms with van der Waals surface area (Å²) >= 11 is 14.1. The van der Waals surface area contributed by atoms with Crippen molar-refractivity contribution < 1.29 is 0 Å². The fraction of sp³-hybridized carbons (Fsp3) is 0.235. The summed E-state index contributed by atoms with van der Waals surface area (Å²) in [5, 5.41) is 2.51. The summed E-state index contributed by atoms with van der Waals surface area (Å²) in [6.07, 6.45) is 3.61. The molecule has 21 heavy (non-hydrogen) atoms. The van der Waals surface area contributed by atoms with Gasteiger partial charge in [0.05, 0.1) is 10.0 Å². The van der Waals surface area contributed by atoms with E-state index < -0.39 is 0 Å². The lowest BCUT2D eigenvalue weighted by Gasteiger charge is -2.08. The van der Waals surface area contributed by atoms with E-state index in [0.29, 0.717) is 10.0 Å². The molecule has 0 spiro atoms. The second kappa shape index (κ2) is 4.98. The minimum atomic E-state index is 0.595. The molecule has 0 saturated heterocycles. The number of nitrogens with zero attached hydrogens (tertiary/aromatic N) is 1. The first kappa shape index (κ1) is 13.6. The van der Waals surface area contributed by atoms with Gasteiger partial charge >= 0.3 is 0 Å². The predicted octanol–water partition coefficient (Wildman–Crippen LogP) is 6.07. The van der Waals surface area contributed by atoms with Crippen LogP contribution < -0.4 is 0 Å². The van der Waals surface area contributed by atoms with Gasteiger partial charge < -0.3 is 0 Å². The maximum atomic E-state index is 6.20. The average molecular weight is 334 g/mol. The Hall–Kier alpha value is -1.09. The third-order valence-electron chi connectivity index (χ3n) is 4.03. The van der Waals surface area contributed by atoms with Crippen molar-refractivity contribution in [3.63, 3.8) is 0 Å². The highest BCUT2D eigenvalue weighted by molar-refractivity contribution is 7.19. The summed E-state index contributed by atoms with van der Waals surface area (Å²) in [5.74, 6) is 0. The summed E-state index contributed by atoms with van der Waals surface area (Å²) in [7, 11) is 0. The number of hydrogen-bond acceptors (Lipinski definition) is 2. The molecule has 0 atom stereocenters. The molecule has 2 aromatic heterocycles. The predicted molar refractivity (Wildman–Crippen MR) is 91.8 cm³/mol. The van der Waals surface area contributed by atoms with E-state index in [1.807, 2.05) is 36.5 Å². The van der Waals surface area contributed by atoms with Crippen LogP contribution in [-0.4, -0.2) is 4.98 Å². The number of pyridine rings is 1. The minimum absolute atomic E-state index is 0.595. The van der Waals surface area contributed by atoms with E-state index in [2.05, 4.69) is 6.07 Å². The Morgan fingerprint density at radius 2 is 1.95 bits per heavy atom. The van der Waals surface area contributed by atoms with Gasteiger partial charge in [0.2, 0.25) is 0 Å². The van der Waals surface area contributed by atoms with E-state index >= 15 is 0 Å². The quantitative estimate of drug-likeness (QED) is 0.526. The number of benzene rings is 1. The number of halogens is 2. The van der Waals surface area contributed by atoms with Gasteiger partial charge in [0.15, 0.2) is 0 Å². The molecule has 0 fully saturated rings. The zero-order valence-corrected chi connectivity index (χ0v) is 13.9. The molecule has 0 radical (unpaired) electrons. The Bertz CT molecular complexity index is 867. The number of aromatic nitrogens is 1. The molecule has 4 heteroatoms. The van der Waals surface area contributed by atoms with Gasteiger partial charge in [-0.05, 0) is 61.1 Å². The van der Waals surface area contributed by atoms with Gasteiger partial charge in [-0.15, -0.1) is 11.3 Å². The van der Waals surface area contributed by atoms with Crippen LogP contribution in [0.5, 0.6) is 0 Å². The Morgan fingerprint density at radius 3 is 2.76 bits per heavy atom. The average Bonchev–Trinajstić information content (AvgIpc) is 3.01. The Morgan fingerprint density at radius 1 is 1.10 bits per heavy atom. The third-order valence-corrected chi connectivity index (χ3v) is 5.96. The van der Waals surface area contributed by atoms with Crippen LogP contribution in [0.4, 0.5) is 0 Å². The molecule has 1 aliphatic carbocycles. The van der Waals surface area contributed by atoms with Crippen molar-refractivity contribution in [2.24, 2.45) is 0 Å². The number of hydrogen-bond donors (Lipinski definition) is 0. The van der Waals surface area contributed by atoms with Gasteiger partial charge in [-0.1, -0.05) is 29.3 Å². The highest BCUT2D eigenvalue weighted by atomic mass is 35.5. The zero-order valence-electron chi connectivity index (χ0n) is 11.5. The second-order valence-corrected chi connectivity index (χ2v) is 7.38. The monoisotopic (exact) mass is 333 g/mol. The van der Waals surface area contributed by atoms with Crippen LogP contribution in [0.15, 0.2) is 24.3 Å². The summed E-state index contributed by atoms with van der Waals surface area (Å²) in [6.45, 7) is 2.05. The maximum Gasteiger partial charge on any atom is 0.124 e. The van der Waals surface area contributed by atoms with Crippen molar-refractivity contribution in [2.45, 2.75) is 26.2 Å². The van der Waals surface area contributed by atoms with E-state index in [9.17, 15) is 0 Å². The summed E-state index contributed by atoms with van der Waals surface area (Å²) < 4.78 is 0. The largest absolute Gasteiger partial charge is 0.242 e. The summed E-state index contributed by atoms with van der Waals surface area (Å²) in [5.41, 5.74) is 4.88. The van der Waals surface area contributed by atoms with Crippen molar-refractivity contribution in [1.82, 2.24) is 4.98 Å². The van der Waals surface area contributed by atoms with Gasteiger partial charge in [-0.2, -0.15) is 0 Å². The second-order valence-electron chi connectivity index (χ2n) is 5.48. The van der Waals surface area contributed by atoms with E-state index in [1.165, 1.54) is 34.2 Å². The van der Waals surface area contributed by atoms with Crippen LogP contribution in [0, 0.1) is 6.92 Å². The number of fused-ring (bicyclic) bond motifs is 3. The van der Waals surface area contributed by atoms with E-state index in [4.69, 9.17) is 28.2 Å². The molecule has 2 heterocycles. The van der Waals surface area contributed by atoms with Crippen molar-refractivity contribution in [3.8, 4) is 11.1 Å². The fourth-order valence-corrected chi connectivity index (χ4v) is 4.74. The van der Waals surface area contributed by atoms with Crippen LogP contribution in [0.2, 0.25) is 10.0 Å². The molecular formula is C17H13Cl2NS. The lowest BCUT2D eigenvalue weighted by Crippen LogP contribution is -1.88. The molecule has 1 nitrogen and oxygen atoms in total. The summed E-state index contributed by atoms with van der Waals surface area (Å²) in [6, 6.07) is 8.03. The Kier molecular flexibility index (Phi) is 3.21. The van der Waals surface area contributed by atoms with E-state index in [1.54, 1.807) is 0 Å². The first-order valence-corrected chi connectivity index (χ1v) is 8.58. The highest BCUT2D eigenvalue weighted by Gasteiger charge is 2.21. The van der Waals surface area contributed by atoms with Crippen molar-refractivity contribution in [2.75, 3.05) is 0 Å². The Balaban J connectivity index is 2.05. The molecule has 0 saturated carbocycles. The standard InChI is InChI=1S/C17H13Cl2NS/c1-9-7-12(10-5-6-13(18)14(19)8-10)16-11-3-2-4-15(11)21-17(16)20-9/h5-8H,2-4H2,1H3. The molecule has 4 rings (SSSR count). The number of aryl methyl sites for hydroxylation is 3. The van der Waals surface area contributed by atoms with Crippen molar-refractivity contribution in [1.29, 1.82) is 0 Å². The van der Waals surface area contributed by atoms with Gasteiger partial charge in [-0.25, -0.2) is 4.98 Å². The van der Waals surface area contributed by atoms with Crippen LogP contribution >= 0.6 is 34.5 Å². The first-order valence-electron chi connectivity index (χ1n) is 7.01. The van der Waals surface area contributed by atoms with Gasteiger partial charge in [-0.3, -0.25) is 0 Å². The van der Waals surface area contributed by atoms with Crippen LogP contribution in [0.1, 0.15) is 22.6 Å². The van der Waals surface area contributed by atoms with Gasteiger partial charge in [0.25, 0.3) is 0 Å². The van der Waals surface area contributed by atoms with Crippen LogP contribution in [0.25, 0.3) is 21.3 Å². The SMILES string of the molecule is Cc1cc(-c2ccc(Cl)c(Cl)c2)c2c3c(sc2n1)CCC3. The number of rotatable bonds is 1. The summed E-state index contributed by atoms with van der Waals surface area (Å²) in [4.78, 5) is 7.38.